The van der Waals surface area contributed by atoms with Crippen LogP contribution in [0.25, 0.3) is 0 Å². The van der Waals surface area contributed by atoms with Gasteiger partial charge in [-0.05, 0) is 41.9 Å². The normalized spacial score (nSPS) is 29.6. The van der Waals surface area contributed by atoms with Crippen LogP contribution >= 0.6 is 0 Å². The molecule has 4 atom stereocenters. The quantitative estimate of drug-likeness (QED) is 0.701. The molecular weight excluding hydrogens is 292 g/mol. The molecule has 0 saturated heterocycles. The molecule has 0 amide bonds. The first-order valence-electron chi connectivity index (χ1n) is 8.82. The van der Waals surface area contributed by atoms with Gasteiger partial charge in [-0.3, -0.25) is 0 Å². The topological polar surface area (TPSA) is 52.6 Å². The van der Waals surface area contributed by atoms with Gasteiger partial charge in [-0.25, -0.2) is 9.59 Å². The Bertz CT molecular complexity index is 459. The van der Waals surface area contributed by atoms with Crippen molar-refractivity contribution in [2.45, 2.75) is 48.0 Å². The van der Waals surface area contributed by atoms with Crippen LogP contribution < -0.4 is 0 Å². The maximum atomic E-state index is 12.6. The van der Waals surface area contributed by atoms with E-state index < -0.39 is 0 Å². The van der Waals surface area contributed by atoms with Crippen molar-refractivity contribution in [1.82, 2.24) is 0 Å². The van der Waals surface area contributed by atoms with E-state index >= 15 is 0 Å². The largest absolute Gasteiger partial charge is 0.462 e. The van der Waals surface area contributed by atoms with Gasteiger partial charge in [0.05, 0.1) is 24.4 Å². The van der Waals surface area contributed by atoms with Crippen molar-refractivity contribution in [3.05, 3.63) is 11.1 Å². The van der Waals surface area contributed by atoms with Crippen molar-refractivity contribution in [2.75, 3.05) is 13.2 Å². The maximum Gasteiger partial charge on any atom is 0.334 e. The molecule has 2 aliphatic rings. The SMILES string of the molecule is CC(C)COC(=O)C1=C(C(=O)OCC(C)C)C2CC1C(C)C2C. The zero-order valence-corrected chi connectivity index (χ0v) is 15.2. The average Bonchev–Trinajstić information content (AvgIpc) is 2.99. The highest BCUT2D eigenvalue weighted by molar-refractivity contribution is 6.02. The average molecular weight is 322 g/mol. The number of carbonyl (C=O) groups excluding carboxylic acids is 2. The molecule has 4 nitrogen and oxygen atoms in total. The number of rotatable bonds is 6. The highest BCUT2D eigenvalue weighted by Gasteiger charge is 2.53. The van der Waals surface area contributed by atoms with E-state index in [1.807, 2.05) is 27.7 Å². The minimum atomic E-state index is -0.318. The lowest BCUT2D eigenvalue weighted by atomic mass is 9.77. The molecule has 0 spiro atoms. The second-order valence-electron chi connectivity index (χ2n) is 7.98. The summed E-state index contributed by atoms with van der Waals surface area (Å²) in [7, 11) is 0. The summed E-state index contributed by atoms with van der Waals surface area (Å²) in [5.74, 6) is 1.01. The van der Waals surface area contributed by atoms with E-state index in [-0.39, 0.29) is 35.6 Å². The maximum absolute atomic E-state index is 12.6. The monoisotopic (exact) mass is 322 g/mol. The summed E-state index contributed by atoms with van der Waals surface area (Å²) < 4.78 is 10.9. The Balaban J connectivity index is 2.25. The minimum absolute atomic E-state index is 0.135. The summed E-state index contributed by atoms with van der Waals surface area (Å²) in [6.07, 6.45) is 0.876. The molecule has 2 rings (SSSR count). The predicted octanol–water partition coefficient (Wildman–Crippen LogP) is 3.60. The number of hydrogen-bond donors (Lipinski definition) is 0. The van der Waals surface area contributed by atoms with E-state index in [1.54, 1.807) is 0 Å². The van der Waals surface area contributed by atoms with E-state index in [1.165, 1.54) is 0 Å². The van der Waals surface area contributed by atoms with Crippen molar-refractivity contribution in [3.8, 4) is 0 Å². The minimum Gasteiger partial charge on any atom is -0.462 e. The molecule has 0 aromatic heterocycles. The Morgan fingerprint density at radius 1 is 0.870 bits per heavy atom. The second kappa shape index (κ2) is 7.06. The third kappa shape index (κ3) is 3.61. The summed E-state index contributed by atoms with van der Waals surface area (Å²) in [6, 6.07) is 0. The fraction of sp³-hybridized carbons (Fsp3) is 0.789. The number of fused-ring (bicyclic) bond motifs is 2. The summed E-state index contributed by atoms with van der Waals surface area (Å²) >= 11 is 0. The number of ether oxygens (including phenoxy) is 2. The van der Waals surface area contributed by atoms with Crippen LogP contribution in [0.2, 0.25) is 0 Å². The zero-order chi connectivity index (χ0) is 17.3. The van der Waals surface area contributed by atoms with E-state index in [0.29, 0.717) is 36.2 Å². The Morgan fingerprint density at radius 3 is 1.52 bits per heavy atom. The molecule has 1 fully saturated rings. The van der Waals surface area contributed by atoms with Crippen LogP contribution in [-0.4, -0.2) is 25.2 Å². The van der Waals surface area contributed by atoms with Crippen molar-refractivity contribution >= 4 is 11.9 Å². The van der Waals surface area contributed by atoms with Crippen LogP contribution in [0.5, 0.6) is 0 Å². The molecule has 2 bridgehead atoms. The number of carbonyl (C=O) groups is 2. The van der Waals surface area contributed by atoms with E-state index in [0.717, 1.165) is 6.42 Å². The van der Waals surface area contributed by atoms with Gasteiger partial charge in [0.2, 0.25) is 0 Å². The summed E-state index contributed by atoms with van der Waals surface area (Å²) in [4.78, 5) is 25.1. The molecule has 1 saturated carbocycles. The number of esters is 2. The molecule has 4 unspecified atom stereocenters. The fourth-order valence-electron chi connectivity index (χ4n) is 3.76. The van der Waals surface area contributed by atoms with E-state index in [2.05, 4.69) is 13.8 Å². The van der Waals surface area contributed by atoms with E-state index in [9.17, 15) is 9.59 Å². The Morgan fingerprint density at radius 2 is 1.22 bits per heavy atom. The van der Waals surface area contributed by atoms with Crippen LogP contribution in [0.15, 0.2) is 11.1 Å². The van der Waals surface area contributed by atoms with Crippen LogP contribution in [0.4, 0.5) is 0 Å². The molecule has 0 aromatic carbocycles. The Hall–Kier alpha value is -1.32. The highest BCUT2D eigenvalue weighted by Crippen LogP contribution is 2.55. The first kappa shape index (κ1) is 18.0. The first-order valence-corrected chi connectivity index (χ1v) is 8.82. The van der Waals surface area contributed by atoms with Crippen molar-refractivity contribution in [3.63, 3.8) is 0 Å². The lowest BCUT2D eigenvalue weighted by molar-refractivity contribution is -0.144. The number of hydrogen-bond acceptors (Lipinski definition) is 4. The van der Waals surface area contributed by atoms with Gasteiger partial charge in [0.1, 0.15) is 0 Å². The van der Waals surface area contributed by atoms with Gasteiger partial charge in [-0.1, -0.05) is 41.5 Å². The standard InChI is InChI=1S/C19H30O4/c1-10(2)8-22-18(20)16-14-7-15(13(6)12(14)5)17(16)19(21)23-9-11(3)4/h10-15H,7-9H2,1-6H3. The molecule has 2 aliphatic carbocycles. The van der Waals surface area contributed by atoms with Crippen LogP contribution in [0.1, 0.15) is 48.0 Å². The van der Waals surface area contributed by atoms with Gasteiger partial charge >= 0.3 is 11.9 Å². The third-order valence-electron chi connectivity index (χ3n) is 5.17. The molecule has 0 aromatic rings. The molecule has 23 heavy (non-hydrogen) atoms. The smallest absolute Gasteiger partial charge is 0.334 e. The molecule has 0 radical (unpaired) electrons. The lowest BCUT2D eigenvalue weighted by Gasteiger charge is -2.28. The van der Waals surface area contributed by atoms with Gasteiger partial charge in [0.15, 0.2) is 0 Å². The Labute approximate surface area is 139 Å². The van der Waals surface area contributed by atoms with Crippen LogP contribution in [0, 0.1) is 35.5 Å². The van der Waals surface area contributed by atoms with Gasteiger partial charge < -0.3 is 9.47 Å². The second-order valence-corrected chi connectivity index (χ2v) is 7.98. The first-order chi connectivity index (χ1) is 10.7. The Kier molecular flexibility index (Phi) is 5.53. The summed E-state index contributed by atoms with van der Waals surface area (Å²) in [5, 5.41) is 0. The van der Waals surface area contributed by atoms with Crippen molar-refractivity contribution in [1.29, 1.82) is 0 Å². The van der Waals surface area contributed by atoms with Crippen LogP contribution in [-0.2, 0) is 19.1 Å². The van der Waals surface area contributed by atoms with Gasteiger partial charge in [-0.15, -0.1) is 0 Å². The van der Waals surface area contributed by atoms with Crippen molar-refractivity contribution in [2.24, 2.45) is 35.5 Å². The molecular formula is C19H30O4. The van der Waals surface area contributed by atoms with Crippen LogP contribution in [0.3, 0.4) is 0 Å². The molecule has 130 valence electrons. The third-order valence-corrected chi connectivity index (χ3v) is 5.17. The molecule has 0 aliphatic heterocycles. The van der Waals surface area contributed by atoms with Crippen molar-refractivity contribution < 1.29 is 19.1 Å². The lowest BCUT2D eigenvalue weighted by Crippen LogP contribution is -2.29. The van der Waals surface area contributed by atoms with Gasteiger partial charge in [-0.2, -0.15) is 0 Å². The van der Waals surface area contributed by atoms with Gasteiger partial charge in [0.25, 0.3) is 0 Å². The molecule has 0 N–H and O–H groups in total. The predicted molar refractivity (Wildman–Crippen MR) is 88.5 cm³/mol. The van der Waals surface area contributed by atoms with Gasteiger partial charge in [0, 0.05) is 0 Å². The highest BCUT2D eigenvalue weighted by atomic mass is 16.5. The zero-order valence-electron chi connectivity index (χ0n) is 15.2. The molecule has 0 heterocycles. The molecule has 4 heteroatoms. The summed E-state index contributed by atoms with van der Waals surface area (Å²) in [5.41, 5.74) is 1.19. The summed E-state index contributed by atoms with van der Waals surface area (Å²) in [6.45, 7) is 13.1. The van der Waals surface area contributed by atoms with E-state index in [4.69, 9.17) is 9.47 Å². The fourth-order valence-corrected chi connectivity index (χ4v) is 3.76.